The molecule has 0 aromatic carbocycles. The molecule has 2 heterocycles. The number of nitrogens with one attached hydrogen (secondary N) is 2. The minimum absolute atomic E-state index is 0.227. The fraction of sp³-hybridized carbons (Fsp3) is 0.682. The van der Waals surface area contributed by atoms with Gasteiger partial charge in [-0.25, -0.2) is 17.7 Å². The number of aliphatic imine (C=N–C) groups is 1. The number of aromatic nitrogens is 2. The van der Waals surface area contributed by atoms with Crippen molar-refractivity contribution in [3.05, 3.63) is 23.1 Å². The van der Waals surface area contributed by atoms with Crippen LogP contribution in [-0.4, -0.2) is 71.5 Å². The van der Waals surface area contributed by atoms with Gasteiger partial charge < -0.3 is 21.5 Å². The maximum atomic E-state index is 11.8. The normalized spacial score (nSPS) is 20.7. The van der Waals surface area contributed by atoms with Crippen molar-refractivity contribution < 1.29 is 13.5 Å². The van der Waals surface area contributed by atoms with Gasteiger partial charge in [0.1, 0.15) is 5.02 Å². The third-order valence-electron chi connectivity index (χ3n) is 6.53. The van der Waals surface area contributed by atoms with Crippen LogP contribution >= 0.6 is 11.6 Å². The van der Waals surface area contributed by atoms with Gasteiger partial charge in [0.05, 0.1) is 30.3 Å². The molecule has 34 heavy (non-hydrogen) atoms. The van der Waals surface area contributed by atoms with Crippen molar-refractivity contribution in [2.75, 3.05) is 36.5 Å². The molecule has 1 spiro atoms. The van der Waals surface area contributed by atoms with Crippen molar-refractivity contribution in [2.24, 2.45) is 16.1 Å². The van der Waals surface area contributed by atoms with Crippen LogP contribution in [0.15, 0.2) is 23.1 Å². The second-order valence-corrected chi connectivity index (χ2v) is 12.4. The summed E-state index contributed by atoms with van der Waals surface area (Å²) in [6.07, 6.45) is 11.6. The van der Waals surface area contributed by atoms with Gasteiger partial charge in [-0.3, -0.25) is 4.99 Å². The minimum atomic E-state index is -3.11. The molecule has 1 aliphatic heterocycles. The fourth-order valence-electron chi connectivity index (χ4n) is 4.50. The highest BCUT2D eigenvalue weighted by Crippen LogP contribution is 2.45. The highest BCUT2D eigenvalue weighted by Gasteiger charge is 2.39. The largest absolute Gasteiger partial charge is 0.403 e. The highest BCUT2D eigenvalue weighted by atomic mass is 35.5. The van der Waals surface area contributed by atoms with Crippen molar-refractivity contribution in [2.45, 2.75) is 64.0 Å². The number of anilines is 2. The lowest BCUT2D eigenvalue weighted by atomic mass is 9.67. The van der Waals surface area contributed by atoms with Gasteiger partial charge in [-0.1, -0.05) is 11.6 Å². The lowest BCUT2D eigenvalue weighted by Crippen LogP contribution is -2.45. The Hall–Kier alpha value is -1.95. The van der Waals surface area contributed by atoms with Crippen LogP contribution < -0.4 is 16.4 Å². The van der Waals surface area contributed by atoms with Crippen LogP contribution in [0.4, 0.5) is 11.8 Å². The first-order valence-electron chi connectivity index (χ1n) is 11.5. The minimum Gasteiger partial charge on any atom is -0.403 e. The Morgan fingerprint density at radius 2 is 2.00 bits per heavy atom. The second kappa shape index (κ2) is 10.8. The van der Waals surface area contributed by atoms with Crippen LogP contribution in [0.5, 0.6) is 0 Å². The molecule has 10 nitrogen and oxygen atoms in total. The maximum absolute atomic E-state index is 11.8. The van der Waals surface area contributed by atoms with Crippen LogP contribution in [0.2, 0.25) is 5.02 Å². The summed E-state index contributed by atoms with van der Waals surface area (Å²) < 4.78 is 25.2. The first kappa shape index (κ1) is 26.7. The number of sulfonamides is 1. The van der Waals surface area contributed by atoms with Gasteiger partial charge in [-0.2, -0.15) is 4.98 Å². The van der Waals surface area contributed by atoms with E-state index in [9.17, 15) is 13.5 Å². The molecule has 2 fully saturated rings. The van der Waals surface area contributed by atoms with Crippen molar-refractivity contribution in [1.29, 1.82) is 0 Å². The van der Waals surface area contributed by atoms with Crippen molar-refractivity contribution >= 4 is 39.6 Å². The molecule has 190 valence electrons. The molecule has 1 aliphatic carbocycles. The molecule has 1 aromatic rings. The average molecular weight is 514 g/mol. The van der Waals surface area contributed by atoms with Crippen LogP contribution in [0, 0.1) is 5.41 Å². The zero-order valence-corrected chi connectivity index (χ0v) is 21.7. The van der Waals surface area contributed by atoms with Gasteiger partial charge in [0.2, 0.25) is 16.0 Å². The monoisotopic (exact) mass is 513 g/mol. The Bertz CT molecular complexity index is 1010. The van der Waals surface area contributed by atoms with E-state index in [0.29, 0.717) is 35.6 Å². The van der Waals surface area contributed by atoms with E-state index >= 15 is 0 Å². The zero-order valence-electron chi connectivity index (χ0n) is 20.1. The molecule has 12 heteroatoms. The molecular weight excluding hydrogens is 478 g/mol. The molecule has 0 radical (unpaired) electrons. The molecule has 1 saturated carbocycles. The Morgan fingerprint density at radius 1 is 1.35 bits per heavy atom. The van der Waals surface area contributed by atoms with Gasteiger partial charge in [0.15, 0.2) is 5.82 Å². The molecule has 0 unspecified atom stereocenters. The summed E-state index contributed by atoms with van der Waals surface area (Å²) in [7, 11) is -3.11. The number of aliphatic hydroxyl groups is 1. The van der Waals surface area contributed by atoms with E-state index in [1.807, 2.05) is 0 Å². The molecule has 0 atom stereocenters. The Kier molecular flexibility index (Phi) is 8.43. The summed E-state index contributed by atoms with van der Waals surface area (Å²) >= 11 is 6.35. The molecule has 0 bridgehead atoms. The summed E-state index contributed by atoms with van der Waals surface area (Å²) in [6.45, 7) is 4.81. The SMILES string of the molecule is CC(C)(O)CN=CC(=CN)Nc1ncc(Cl)c(NC2CCC3(CC2)CCN(S(C)(=O)=O)CC3)n1. The lowest BCUT2D eigenvalue weighted by Gasteiger charge is -2.45. The highest BCUT2D eigenvalue weighted by molar-refractivity contribution is 7.88. The van der Waals surface area contributed by atoms with Crippen molar-refractivity contribution in [1.82, 2.24) is 14.3 Å². The first-order valence-corrected chi connectivity index (χ1v) is 13.8. The third kappa shape index (κ3) is 7.53. The number of hydrogen-bond donors (Lipinski definition) is 4. The van der Waals surface area contributed by atoms with E-state index in [2.05, 4.69) is 25.6 Å². The van der Waals surface area contributed by atoms with Crippen LogP contribution in [-0.2, 0) is 10.0 Å². The average Bonchev–Trinajstić information content (AvgIpc) is 2.76. The van der Waals surface area contributed by atoms with E-state index in [4.69, 9.17) is 17.3 Å². The van der Waals surface area contributed by atoms with Gasteiger partial charge >= 0.3 is 0 Å². The quantitative estimate of drug-likeness (QED) is 0.388. The van der Waals surface area contributed by atoms with E-state index in [1.54, 1.807) is 18.2 Å². The van der Waals surface area contributed by atoms with Gasteiger partial charge in [0.25, 0.3) is 0 Å². The van der Waals surface area contributed by atoms with Crippen molar-refractivity contribution in [3.8, 4) is 0 Å². The first-order chi connectivity index (χ1) is 15.9. The molecular formula is C22H36ClN7O3S. The van der Waals surface area contributed by atoms with Gasteiger partial charge in [-0.05, 0) is 57.8 Å². The number of piperidine rings is 1. The topological polar surface area (TPSA) is 146 Å². The Labute approximate surface area is 207 Å². The number of hydrogen-bond acceptors (Lipinski definition) is 9. The number of nitrogens with zero attached hydrogens (tertiary/aromatic N) is 4. The van der Waals surface area contributed by atoms with Gasteiger partial charge in [-0.15, -0.1) is 0 Å². The van der Waals surface area contributed by atoms with Gasteiger partial charge in [0, 0.05) is 31.5 Å². The van der Waals surface area contributed by atoms with Crippen LogP contribution in [0.1, 0.15) is 52.4 Å². The molecule has 2 aliphatic rings. The smallest absolute Gasteiger partial charge is 0.229 e. The molecule has 0 amide bonds. The third-order valence-corrected chi connectivity index (χ3v) is 8.11. The van der Waals surface area contributed by atoms with Crippen molar-refractivity contribution in [3.63, 3.8) is 0 Å². The zero-order chi connectivity index (χ0) is 25.0. The lowest BCUT2D eigenvalue weighted by molar-refractivity contribution is 0.0906. The summed E-state index contributed by atoms with van der Waals surface area (Å²) in [4.78, 5) is 12.9. The summed E-state index contributed by atoms with van der Waals surface area (Å²) in [5.41, 5.74) is 5.49. The van der Waals surface area contributed by atoms with E-state index in [1.165, 1.54) is 24.9 Å². The van der Waals surface area contributed by atoms with Crippen LogP contribution in [0.25, 0.3) is 0 Å². The maximum Gasteiger partial charge on any atom is 0.229 e. The summed E-state index contributed by atoms with van der Waals surface area (Å²) in [5, 5.41) is 16.7. The molecule has 3 rings (SSSR count). The molecule has 5 N–H and O–H groups in total. The Balaban J connectivity index is 1.56. The summed E-state index contributed by atoms with van der Waals surface area (Å²) in [5.74, 6) is 0.885. The van der Waals surface area contributed by atoms with Crippen LogP contribution in [0.3, 0.4) is 0 Å². The molecule has 1 aromatic heterocycles. The Morgan fingerprint density at radius 3 is 2.56 bits per heavy atom. The standard InChI is InChI=1S/C22H36ClN7O3S/c1-21(2,31)15-25-13-17(12-24)28-20-26-14-18(23)19(29-20)27-16-4-6-22(7-5-16)8-10-30(11-9-22)34(3,32)33/h12-14,16,31H,4-11,15,24H2,1-3H3,(H2,26,27,28,29). The number of halogens is 1. The predicted molar refractivity (Wildman–Crippen MR) is 137 cm³/mol. The van der Waals surface area contributed by atoms with E-state index < -0.39 is 15.6 Å². The number of nitrogens with two attached hydrogens (primary N) is 1. The number of allylic oxidation sites excluding steroid dienone is 1. The van der Waals surface area contributed by atoms with E-state index in [-0.39, 0.29) is 18.0 Å². The predicted octanol–water partition coefficient (Wildman–Crippen LogP) is 2.58. The molecule has 1 saturated heterocycles. The fourth-order valence-corrected chi connectivity index (χ4v) is 5.49. The van der Waals surface area contributed by atoms with E-state index in [0.717, 1.165) is 38.5 Å². The second-order valence-electron chi connectivity index (χ2n) is 10.0. The summed E-state index contributed by atoms with van der Waals surface area (Å²) in [6, 6.07) is 0.233. The number of rotatable bonds is 8.